The first kappa shape index (κ1) is 17.4. The molecule has 22 heavy (non-hydrogen) atoms. The zero-order valence-corrected chi connectivity index (χ0v) is 12.7. The van der Waals surface area contributed by atoms with E-state index in [1.54, 1.807) is 30.4 Å². The fourth-order valence-corrected chi connectivity index (χ4v) is 1.74. The molecule has 0 aliphatic carbocycles. The van der Waals surface area contributed by atoms with Crippen molar-refractivity contribution in [1.29, 1.82) is 0 Å². The van der Waals surface area contributed by atoms with Crippen LogP contribution in [0.15, 0.2) is 66.2 Å². The number of nitrogens with one attached hydrogen (secondary N) is 1. The van der Waals surface area contributed by atoms with Crippen LogP contribution >= 0.6 is 0 Å². The first-order valence-electron chi connectivity index (χ1n) is 6.94. The second kappa shape index (κ2) is 8.59. The molecule has 0 bridgehead atoms. The van der Waals surface area contributed by atoms with E-state index in [0.29, 0.717) is 11.4 Å². The fraction of sp³-hybridized carbons (Fsp3) is 0.176. The van der Waals surface area contributed by atoms with Crippen molar-refractivity contribution in [1.82, 2.24) is 5.48 Å². The van der Waals surface area contributed by atoms with Crippen LogP contribution in [-0.2, 0) is 4.84 Å². The third-order valence-corrected chi connectivity index (χ3v) is 2.73. The number of hydrogen-bond acceptors (Lipinski definition) is 4. The molecule has 0 amide bonds. The van der Waals surface area contributed by atoms with Crippen LogP contribution in [0.2, 0.25) is 0 Å². The Morgan fingerprint density at radius 2 is 2.14 bits per heavy atom. The van der Waals surface area contributed by atoms with Crippen molar-refractivity contribution in [2.24, 2.45) is 4.99 Å². The molecule has 1 unspecified atom stereocenters. The van der Waals surface area contributed by atoms with Crippen LogP contribution in [0.4, 0.5) is 0 Å². The topological polar surface area (TPSA) is 70.9 Å². The molecular formula is C17H20N2O3. The van der Waals surface area contributed by atoms with E-state index in [2.05, 4.69) is 23.6 Å². The highest BCUT2D eigenvalue weighted by Gasteiger charge is 2.21. The number of benzene rings is 1. The van der Waals surface area contributed by atoms with E-state index in [4.69, 9.17) is 9.94 Å². The van der Waals surface area contributed by atoms with Gasteiger partial charge in [0.25, 0.3) is 0 Å². The number of amidine groups is 1. The summed E-state index contributed by atoms with van der Waals surface area (Å²) in [4.78, 5) is 20.6. The molecule has 2 rings (SSSR count). The van der Waals surface area contributed by atoms with E-state index < -0.39 is 12.2 Å². The molecule has 0 saturated heterocycles. The third kappa shape index (κ3) is 4.17. The van der Waals surface area contributed by atoms with E-state index >= 15 is 0 Å². The Balaban J connectivity index is 0.00000116. The predicted molar refractivity (Wildman–Crippen MR) is 87.8 cm³/mol. The summed E-state index contributed by atoms with van der Waals surface area (Å²) in [7, 11) is 0. The number of nitrogens with zero attached hydrogens (tertiary/aromatic N) is 1. The van der Waals surface area contributed by atoms with E-state index in [1.807, 2.05) is 13.8 Å². The van der Waals surface area contributed by atoms with Crippen molar-refractivity contribution < 1.29 is 14.7 Å². The SMILES string of the molecule is C=C/C=C(\C=C)C1N=C(c2cccc(C(=O)O)c2)NO1.CC. The van der Waals surface area contributed by atoms with Gasteiger partial charge in [0.2, 0.25) is 6.23 Å². The van der Waals surface area contributed by atoms with Gasteiger partial charge in [0.15, 0.2) is 5.84 Å². The third-order valence-electron chi connectivity index (χ3n) is 2.73. The summed E-state index contributed by atoms with van der Waals surface area (Å²) in [6.07, 6.45) is 4.49. The van der Waals surface area contributed by atoms with Gasteiger partial charge >= 0.3 is 5.97 Å². The number of carboxylic acid groups (broad SMARTS) is 1. The molecular weight excluding hydrogens is 280 g/mol. The van der Waals surface area contributed by atoms with Gasteiger partial charge in [0.1, 0.15) is 0 Å². The molecule has 1 atom stereocenters. The van der Waals surface area contributed by atoms with Crippen molar-refractivity contribution in [3.63, 3.8) is 0 Å². The normalized spacial score (nSPS) is 16.7. The lowest BCUT2D eigenvalue weighted by atomic mass is 10.1. The Kier molecular flexibility index (Phi) is 6.79. The largest absolute Gasteiger partial charge is 0.478 e. The number of hydrogen-bond donors (Lipinski definition) is 2. The average molecular weight is 300 g/mol. The van der Waals surface area contributed by atoms with E-state index in [1.165, 1.54) is 12.1 Å². The Morgan fingerprint density at radius 1 is 1.41 bits per heavy atom. The zero-order valence-electron chi connectivity index (χ0n) is 12.7. The highest BCUT2D eigenvalue weighted by Crippen LogP contribution is 2.16. The maximum atomic E-state index is 10.9. The van der Waals surface area contributed by atoms with Crippen LogP contribution in [0.3, 0.4) is 0 Å². The maximum Gasteiger partial charge on any atom is 0.335 e. The number of allylic oxidation sites excluding steroid dienone is 2. The molecule has 0 saturated carbocycles. The van der Waals surface area contributed by atoms with Crippen LogP contribution < -0.4 is 5.48 Å². The second-order valence-electron chi connectivity index (χ2n) is 4.04. The summed E-state index contributed by atoms with van der Waals surface area (Å²) in [5.41, 5.74) is 4.30. The lowest BCUT2D eigenvalue weighted by Gasteiger charge is -2.05. The average Bonchev–Trinajstić information content (AvgIpc) is 3.04. The summed E-state index contributed by atoms with van der Waals surface area (Å²) in [5, 5.41) is 8.98. The number of aliphatic imine (C=N–C) groups is 1. The van der Waals surface area contributed by atoms with Gasteiger partial charge in [-0.2, -0.15) is 0 Å². The molecule has 1 aromatic rings. The molecule has 116 valence electrons. The van der Waals surface area contributed by atoms with Gasteiger partial charge in [-0.15, -0.1) is 0 Å². The molecule has 0 fully saturated rings. The van der Waals surface area contributed by atoms with Crippen molar-refractivity contribution >= 4 is 11.8 Å². The number of rotatable bonds is 5. The van der Waals surface area contributed by atoms with Gasteiger partial charge < -0.3 is 5.11 Å². The summed E-state index contributed by atoms with van der Waals surface area (Å²) in [6.45, 7) is 11.3. The Labute approximate surface area is 130 Å². The molecule has 0 radical (unpaired) electrons. The van der Waals surface area contributed by atoms with Gasteiger partial charge in [0, 0.05) is 11.1 Å². The van der Waals surface area contributed by atoms with Crippen LogP contribution in [0.5, 0.6) is 0 Å². The van der Waals surface area contributed by atoms with E-state index in [0.717, 1.165) is 5.57 Å². The van der Waals surface area contributed by atoms with Crippen LogP contribution in [0.1, 0.15) is 29.8 Å². The summed E-state index contributed by atoms with van der Waals surface area (Å²) in [6, 6.07) is 6.47. The molecule has 5 heteroatoms. The minimum absolute atomic E-state index is 0.195. The van der Waals surface area contributed by atoms with E-state index in [-0.39, 0.29) is 5.56 Å². The van der Waals surface area contributed by atoms with Gasteiger partial charge in [0.05, 0.1) is 5.56 Å². The first-order valence-corrected chi connectivity index (χ1v) is 6.94. The number of carboxylic acids is 1. The standard InChI is InChI=1S/C15H14N2O3.C2H6/c1-3-6-10(4-2)14-16-13(17-20-14)11-7-5-8-12(9-11)15(18)19;1-2/h3-9,14H,1-2H2,(H,16,17)(H,18,19);1-2H3/b10-6+;. The fourth-order valence-electron chi connectivity index (χ4n) is 1.74. The van der Waals surface area contributed by atoms with Crippen LogP contribution in [0, 0.1) is 0 Å². The number of hydroxylamine groups is 1. The van der Waals surface area contributed by atoms with Crippen molar-refractivity contribution in [2.45, 2.75) is 20.1 Å². The molecule has 1 heterocycles. The maximum absolute atomic E-state index is 10.9. The predicted octanol–water partition coefficient (Wildman–Crippen LogP) is 3.32. The first-order chi connectivity index (χ1) is 10.7. The molecule has 0 spiro atoms. The van der Waals surface area contributed by atoms with Gasteiger partial charge in [-0.3, -0.25) is 0 Å². The summed E-state index contributed by atoms with van der Waals surface area (Å²) < 4.78 is 0. The highest BCUT2D eigenvalue weighted by atomic mass is 16.7. The molecule has 5 nitrogen and oxygen atoms in total. The Bertz CT molecular complexity index is 618. The van der Waals surface area contributed by atoms with Gasteiger partial charge in [-0.05, 0) is 12.1 Å². The zero-order chi connectivity index (χ0) is 16.5. The Hall–Kier alpha value is -2.66. The van der Waals surface area contributed by atoms with Crippen molar-refractivity contribution in [3.8, 4) is 0 Å². The molecule has 0 aromatic heterocycles. The summed E-state index contributed by atoms with van der Waals surface area (Å²) >= 11 is 0. The van der Waals surface area contributed by atoms with Crippen molar-refractivity contribution in [3.05, 3.63) is 72.4 Å². The number of carbonyl (C=O) groups is 1. The van der Waals surface area contributed by atoms with Crippen molar-refractivity contribution in [2.75, 3.05) is 0 Å². The van der Waals surface area contributed by atoms with Crippen LogP contribution in [-0.4, -0.2) is 23.1 Å². The minimum Gasteiger partial charge on any atom is -0.478 e. The van der Waals surface area contributed by atoms with Crippen LogP contribution in [0.25, 0.3) is 0 Å². The quantitative estimate of drug-likeness (QED) is 0.818. The molecule has 1 aliphatic rings. The molecule has 1 aromatic carbocycles. The van der Waals surface area contributed by atoms with Gasteiger partial charge in [-0.25, -0.2) is 20.1 Å². The molecule has 2 N–H and O–H groups in total. The smallest absolute Gasteiger partial charge is 0.335 e. The second-order valence-corrected chi connectivity index (χ2v) is 4.04. The minimum atomic E-state index is -0.985. The molecule has 1 aliphatic heterocycles. The highest BCUT2D eigenvalue weighted by molar-refractivity contribution is 6.01. The Morgan fingerprint density at radius 3 is 2.73 bits per heavy atom. The number of aromatic carboxylic acids is 1. The van der Waals surface area contributed by atoms with Gasteiger partial charge in [-0.1, -0.05) is 57.4 Å². The lowest BCUT2D eigenvalue weighted by Crippen LogP contribution is -2.20. The monoisotopic (exact) mass is 300 g/mol. The summed E-state index contributed by atoms with van der Waals surface area (Å²) in [5.74, 6) is -0.504. The van der Waals surface area contributed by atoms with E-state index in [9.17, 15) is 4.79 Å². The lowest BCUT2D eigenvalue weighted by molar-refractivity contribution is 0.0628.